The summed E-state index contributed by atoms with van der Waals surface area (Å²) >= 11 is 0. The van der Waals surface area contributed by atoms with Crippen LogP contribution in [0.4, 0.5) is 0 Å². The van der Waals surface area contributed by atoms with Crippen molar-refractivity contribution in [2.75, 3.05) is 33.3 Å². The van der Waals surface area contributed by atoms with Crippen molar-refractivity contribution in [1.82, 2.24) is 20.0 Å². The molecule has 0 radical (unpaired) electrons. The Bertz CT molecular complexity index is 842. The first-order valence-corrected chi connectivity index (χ1v) is 9.93. The molecular formula is C21H28N4O3. The van der Waals surface area contributed by atoms with E-state index in [0.29, 0.717) is 18.8 Å². The predicted molar refractivity (Wildman–Crippen MR) is 105 cm³/mol. The monoisotopic (exact) mass is 384 g/mol. The minimum absolute atomic E-state index is 0.0238. The molecular weight excluding hydrogens is 356 g/mol. The van der Waals surface area contributed by atoms with Gasteiger partial charge in [-0.2, -0.15) is 5.10 Å². The molecule has 0 saturated carbocycles. The van der Waals surface area contributed by atoms with Gasteiger partial charge in [-0.1, -0.05) is 18.2 Å². The number of rotatable bonds is 4. The second-order valence-corrected chi connectivity index (χ2v) is 7.64. The molecule has 1 N–H and O–H groups in total. The van der Waals surface area contributed by atoms with Gasteiger partial charge in [0.2, 0.25) is 0 Å². The molecule has 0 spiro atoms. The van der Waals surface area contributed by atoms with Crippen molar-refractivity contribution in [2.45, 2.75) is 39.0 Å². The summed E-state index contributed by atoms with van der Waals surface area (Å²) in [5.41, 5.74) is 3.70. The molecule has 1 saturated heterocycles. The van der Waals surface area contributed by atoms with Crippen LogP contribution < -0.4 is 4.74 Å². The third-order valence-electron chi connectivity index (χ3n) is 5.68. The van der Waals surface area contributed by atoms with Gasteiger partial charge in [-0.3, -0.25) is 14.8 Å². The zero-order valence-electron chi connectivity index (χ0n) is 16.8. The van der Waals surface area contributed by atoms with Gasteiger partial charge in [0.25, 0.3) is 5.91 Å². The predicted octanol–water partition coefficient (Wildman–Crippen LogP) is 2.40. The number of carbonyl (C=O) groups excluding carboxylic acids is 1. The normalized spacial score (nSPS) is 22.8. The number of methoxy groups -OCH3 is 1. The van der Waals surface area contributed by atoms with Crippen molar-refractivity contribution in [1.29, 1.82) is 0 Å². The van der Waals surface area contributed by atoms with Crippen molar-refractivity contribution in [3.63, 3.8) is 0 Å². The number of fused-ring (bicyclic) bond motifs is 1. The molecule has 150 valence electrons. The summed E-state index contributed by atoms with van der Waals surface area (Å²) in [6.45, 7) is 7.96. The van der Waals surface area contributed by atoms with Crippen molar-refractivity contribution in [2.24, 2.45) is 0 Å². The SMILES string of the molecule is COc1ccccc1CN1CCN(C(=O)c2n[nH]c3c2C[C@H](C)O[C@@H]3C)CC1. The quantitative estimate of drug-likeness (QED) is 0.877. The molecule has 0 bridgehead atoms. The van der Waals surface area contributed by atoms with E-state index < -0.39 is 0 Å². The zero-order chi connectivity index (χ0) is 19.7. The number of hydrogen-bond donors (Lipinski definition) is 1. The molecule has 2 aliphatic heterocycles. The fraction of sp³-hybridized carbons (Fsp3) is 0.524. The van der Waals surface area contributed by atoms with Gasteiger partial charge in [-0.15, -0.1) is 0 Å². The number of benzene rings is 1. The van der Waals surface area contributed by atoms with Gasteiger partial charge in [0.1, 0.15) is 5.75 Å². The van der Waals surface area contributed by atoms with Crippen molar-refractivity contribution >= 4 is 5.91 Å². The maximum atomic E-state index is 13.1. The molecule has 0 aliphatic carbocycles. The van der Waals surface area contributed by atoms with E-state index >= 15 is 0 Å². The number of aromatic nitrogens is 2. The number of hydrogen-bond acceptors (Lipinski definition) is 5. The van der Waals surface area contributed by atoms with Crippen molar-refractivity contribution in [3.8, 4) is 5.75 Å². The van der Waals surface area contributed by atoms with Crippen LogP contribution in [0.25, 0.3) is 0 Å². The topological polar surface area (TPSA) is 70.7 Å². The summed E-state index contributed by atoms with van der Waals surface area (Å²) in [4.78, 5) is 17.4. The van der Waals surface area contributed by atoms with Crippen LogP contribution in [0.1, 0.15) is 47.3 Å². The Labute approximate surface area is 165 Å². The molecule has 1 fully saturated rings. The van der Waals surface area contributed by atoms with Crippen LogP contribution in [0.15, 0.2) is 24.3 Å². The van der Waals surface area contributed by atoms with Crippen LogP contribution in [0.3, 0.4) is 0 Å². The molecule has 1 amide bonds. The smallest absolute Gasteiger partial charge is 0.274 e. The Hall–Kier alpha value is -2.38. The van der Waals surface area contributed by atoms with Crippen molar-refractivity contribution < 1.29 is 14.3 Å². The van der Waals surface area contributed by atoms with Gasteiger partial charge in [-0.25, -0.2) is 0 Å². The summed E-state index contributed by atoms with van der Waals surface area (Å²) < 4.78 is 11.3. The number of nitrogens with zero attached hydrogens (tertiary/aromatic N) is 3. The first-order chi connectivity index (χ1) is 13.6. The number of ether oxygens (including phenoxy) is 2. The third kappa shape index (κ3) is 3.64. The molecule has 7 heteroatoms. The Kier molecular flexibility index (Phi) is 5.37. The van der Waals surface area contributed by atoms with Gasteiger partial charge >= 0.3 is 0 Å². The molecule has 4 rings (SSSR count). The number of aromatic amines is 1. The van der Waals surface area contributed by atoms with E-state index in [9.17, 15) is 4.79 Å². The zero-order valence-corrected chi connectivity index (χ0v) is 16.8. The highest BCUT2D eigenvalue weighted by Crippen LogP contribution is 2.30. The highest BCUT2D eigenvalue weighted by Gasteiger charge is 2.32. The van der Waals surface area contributed by atoms with E-state index in [1.807, 2.05) is 36.9 Å². The lowest BCUT2D eigenvalue weighted by Gasteiger charge is -2.35. The fourth-order valence-electron chi connectivity index (χ4n) is 4.18. The molecule has 7 nitrogen and oxygen atoms in total. The second-order valence-electron chi connectivity index (χ2n) is 7.64. The van der Waals surface area contributed by atoms with Crippen LogP contribution in [0.2, 0.25) is 0 Å². The Morgan fingerprint density at radius 1 is 1.25 bits per heavy atom. The van der Waals surface area contributed by atoms with E-state index in [1.165, 1.54) is 5.56 Å². The molecule has 1 aromatic heterocycles. The van der Waals surface area contributed by atoms with Crippen molar-refractivity contribution in [3.05, 3.63) is 46.8 Å². The van der Waals surface area contributed by atoms with E-state index in [1.54, 1.807) is 7.11 Å². The molecule has 1 aromatic carbocycles. The first-order valence-electron chi connectivity index (χ1n) is 9.93. The fourth-order valence-corrected chi connectivity index (χ4v) is 4.18. The van der Waals surface area contributed by atoms with Crippen LogP contribution >= 0.6 is 0 Å². The Morgan fingerprint density at radius 3 is 2.75 bits per heavy atom. The minimum atomic E-state index is -0.0505. The lowest BCUT2D eigenvalue weighted by atomic mass is 9.99. The van der Waals surface area contributed by atoms with Crippen LogP contribution in [-0.4, -0.2) is 65.3 Å². The molecule has 2 aromatic rings. The summed E-state index contributed by atoms with van der Waals surface area (Å²) in [6.07, 6.45) is 0.778. The van der Waals surface area contributed by atoms with Gasteiger partial charge < -0.3 is 14.4 Å². The number of H-pyrrole nitrogens is 1. The minimum Gasteiger partial charge on any atom is -0.496 e. The van der Waals surface area contributed by atoms with Gasteiger partial charge in [0.15, 0.2) is 5.69 Å². The lowest BCUT2D eigenvalue weighted by Crippen LogP contribution is -2.48. The molecule has 28 heavy (non-hydrogen) atoms. The van der Waals surface area contributed by atoms with Crippen LogP contribution in [-0.2, 0) is 17.7 Å². The van der Waals surface area contributed by atoms with Gasteiger partial charge in [0.05, 0.1) is 25.0 Å². The largest absolute Gasteiger partial charge is 0.496 e. The lowest BCUT2D eigenvalue weighted by molar-refractivity contribution is -0.00704. The van der Waals surface area contributed by atoms with Gasteiger partial charge in [0, 0.05) is 50.3 Å². The first kappa shape index (κ1) is 19.0. The summed E-state index contributed by atoms with van der Waals surface area (Å²) in [7, 11) is 1.70. The third-order valence-corrected chi connectivity index (χ3v) is 5.68. The average molecular weight is 384 g/mol. The van der Waals surface area contributed by atoms with Crippen LogP contribution in [0.5, 0.6) is 5.75 Å². The number of amides is 1. The number of piperazine rings is 1. The van der Waals surface area contributed by atoms with Gasteiger partial charge in [-0.05, 0) is 19.9 Å². The van der Waals surface area contributed by atoms with E-state index in [2.05, 4.69) is 21.2 Å². The highest BCUT2D eigenvalue weighted by molar-refractivity contribution is 5.94. The summed E-state index contributed by atoms with van der Waals surface area (Å²) in [5.74, 6) is 0.936. The van der Waals surface area contributed by atoms with E-state index in [4.69, 9.17) is 9.47 Å². The number of nitrogens with one attached hydrogen (secondary N) is 1. The molecule has 0 unspecified atom stereocenters. The van der Waals surface area contributed by atoms with E-state index in [-0.39, 0.29) is 18.1 Å². The maximum absolute atomic E-state index is 13.1. The molecule has 3 heterocycles. The maximum Gasteiger partial charge on any atom is 0.274 e. The summed E-state index contributed by atoms with van der Waals surface area (Å²) in [6, 6.07) is 8.10. The Balaban J connectivity index is 1.40. The molecule has 2 aliphatic rings. The highest BCUT2D eigenvalue weighted by atomic mass is 16.5. The van der Waals surface area contributed by atoms with Crippen LogP contribution in [0, 0.1) is 0 Å². The number of para-hydroxylation sites is 1. The van der Waals surface area contributed by atoms with E-state index in [0.717, 1.165) is 43.1 Å². The standard InChI is InChI=1S/C21H28N4O3/c1-14-12-17-19(15(2)28-14)22-23-20(17)21(26)25-10-8-24(9-11-25)13-16-6-4-5-7-18(16)27-3/h4-7,14-15H,8-13H2,1-3H3,(H,22,23)/t14-,15+/m0/s1. The number of carbonyl (C=O) groups is 1. The molecule has 2 atom stereocenters. The second kappa shape index (κ2) is 7.93. The summed E-state index contributed by atoms with van der Waals surface area (Å²) in [5, 5.41) is 7.36. The average Bonchev–Trinajstić information content (AvgIpc) is 3.12. The Morgan fingerprint density at radius 2 is 2.00 bits per heavy atom.